The number of hydrogen-bond donors (Lipinski definition) is 0. The molecule has 5 heterocycles. The number of aromatic nitrogens is 5. The van der Waals surface area contributed by atoms with E-state index in [4.69, 9.17) is 0 Å². The van der Waals surface area contributed by atoms with E-state index >= 15 is 0 Å². The van der Waals surface area contributed by atoms with E-state index in [0.717, 1.165) is 12.8 Å². The van der Waals surface area contributed by atoms with Crippen LogP contribution < -0.4 is 0 Å². The van der Waals surface area contributed by atoms with Gasteiger partial charge in [-0.3, -0.25) is 19.3 Å². The molecule has 3 aliphatic rings. The Morgan fingerprint density at radius 2 is 2.04 bits per heavy atom. The van der Waals surface area contributed by atoms with Gasteiger partial charge in [0.2, 0.25) is 5.91 Å². The molecule has 0 saturated carbocycles. The normalized spacial score (nSPS) is 22.3. The van der Waals surface area contributed by atoms with Crippen molar-refractivity contribution >= 4 is 11.8 Å². The van der Waals surface area contributed by atoms with Gasteiger partial charge in [0.15, 0.2) is 0 Å². The zero-order valence-electron chi connectivity index (χ0n) is 14.4. The van der Waals surface area contributed by atoms with Crippen molar-refractivity contribution in [3.05, 3.63) is 36.9 Å². The molecule has 2 amide bonds. The highest BCUT2D eigenvalue weighted by molar-refractivity contribution is 5.92. The molecule has 26 heavy (non-hydrogen) atoms. The fourth-order valence-electron chi connectivity index (χ4n) is 3.83. The van der Waals surface area contributed by atoms with Gasteiger partial charge in [-0.05, 0) is 18.8 Å². The molecule has 2 unspecified atom stereocenters. The number of nitrogens with zero attached hydrogens (tertiary/aromatic N) is 7. The van der Waals surface area contributed by atoms with Crippen molar-refractivity contribution in [2.45, 2.75) is 31.8 Å². The third kappa shape index (κ3) is 3.42. The first-order valence-corrected chi connectivity index (χ1v) is 8.88. The fraction of sp³-hybridized carbons (Fsp3) is 0.529. The average molecular weight is 355 g/mol. The molecule has 0 spiro atoms. The van der Waals surface area contributed by atoms with Crippen LogP contribution in [0.1, 0.15) is 29.8 Å². The van der Waals surface area contributed by atoms with Crippen LogP contribution in [0.4, 0.5) is 0 Å². The van der Waals surface area contributed by atoms with Gasteiger partial charge in [-0.25, -0.2) is 9.97 Å². The first-order chi connectivity index (χ1) is 12.7. The van der Waals surface area contributed by atoms with Gasteiger partial charge in [0.05, 0.1) is 12.7 Å². The molecule has 3 aliphatic heterocycles. The lowest BCUT2D eigenvalue weighted by Crippen LogP contribution is -2.48. The SMILES string of the molecule is O=C(c1cnccn1)N1CC2CCC(C1)N(C(=O)CCn1cncn1)C2. The summed E-state index contributed by atoms with van der Waals surface area (Å²) in [6.45, 7) is 2.46. The van der Waals surface area contributed by atoms with Crippen molar-refractivity contribution in [3.8, 4) is 0 Å². The highest BCUT2D eigenvalue weighted by Crippen LogP contribution is 2.29. The predicted octanol–water partition coefficient (Wildman–Crippen LogP) is 0.221. The van der Waals surface area contributed by atoms with Crippen molar-refractivity contribution in [2.24, 2.45) is 5.92 Å². The van der Waals surface area contributed by atoms with Gasteiger partial charge >= 0.3 is 0 Å². The molecule has 2 atom stereocenters. The lowest BCUT2D eigenvalue weighted by molar-refractivity contribution is -0.135. The van der Waals surface area contributed by atoms with Crippen LogP contribution >= 0.6 is 0 Å². The third-order valence-corrected chi connectivity index (χ3v) is 5.12. The number of rotatable bonds is 4. The summed E-state index contributed by atoms with van der Waals surface area (Å²) in [6, 6.07) is 0.0672. The highest BCUT2D eigenvalue weighted by Gasteiger charge is 2.38. The van der Waals surface area contributed by atoms with Crippen molar-refractivity contribution in [2.75, 3.05) is 19.6 Å². The molecule has 0 aromatic carbocycles. The minimum Gasteiger partial charge on any atom is -0.338 e. The van der Waals surface area contributed by atoms with Crippen molar-refractivity contribution < 1.29 is 9.59 Å². The molecule has 5 rings (SSSR count). The Balaban J connectivity index is 1.43. The number of amides is 2. The van der Waals surface area contributed by atoms with Crippen LogP contribution in [0.5, 0.6) is 0 Å². The summed E-state index contributed by atoms with van der Waals surface area (Å²) in [7, 11) is 0. The van der Waals surface area contributed by atoms with Gasteiger partial charge < -0.3 is 9.80 Å². The van der Waals surface area contributed by atoms with Crippen molar-refractivity contribution in [1.82, 2.24) is 34.5 Å². The van der Waals surface area contributed by atoms with Gasteiger partial charge in [-0.15, -0.1) is 0 Å². The molecule has 2 bridgehead atoms. The number of aryl methyl sites for hydroxylation is 1. The molecule has 0 aliphatic carbocycles. The molecule has 3 fully saturated rings. The molecule has 2 aromatic rings. The predicted molar refractivity (Wildman–Crippen MR) is 90.8 cm³/mol. The van der Waals surface area contributed by atoms with Gasteiger partial charge in [-0.2, -0.15) is 5.10 Å². The zero-order chi connectivity index (χ0) is 17.9. The van der Waals surface area contributed by atoms with E-state index in [1.54, 1.807) is 17.2 Å². The maximum atomic E-state index is 12.7. The Morgan fingerprint density at radius 1 is 1.12 bits per heavy atom. The van der Waals surface area contributed by atoms with E-state index < -0.39 is 0 Å². The Morgan fingerprint density at radius 3 is 2.81 bits per heavy atom. The van der Waals surface area contributed by atoms with Crippen LogP contribution in [0.2, 0.25) is 0 Å². The van der Waals surface area contributed by atoms with Crippen LogP contribution in [0.25, 0.3) is 0 Å². The summed E-state index contributed by atoms with van der Waals surface area (Å²) in [6.07, 6.45) is 10.0. The third-order valence-electron chi connectivity index (χ3n) is 5.12. The smallest absolute Gasteiger partial charge is 0.274 e. The Labute approximate surface area is 151 Å². The highest BCUT2D eigenvalue weighted by atomic mass is 16.2. The van der Waals surface area contributed by atoms with E-state index in [2.05, 4.69) is 20.1 Å². The Hall–Kier alpha value is -2.84. The second kappa shape index (κ2) is 7.19. The topological polar surface area (TPSA) is 97.1 Å². The first kappa shape index (κ1) is 16.6. The standard InChI is InChI=1S/C17H21N7O2/c25-16(3-6-23-12-19-11-21-23)24-9-13-1-2-14(24)10-22(8-13)17(26)15-7-18-4-5-20-15/h4-5,7,11-14H,1-3,6,8-10H2. The number of hydrogen-bond acceptors (Lipinski definition) is 6. The molecular formula is C17H21N7O2. The number of carbonyl (C=O) groups excluding carboxylic acids is 2. The van der Waals surface area contributed by atoms with E-state index in [-0.39, 0.29) is 17.9 Å². The van der Waals surface area contributed by atoms with Gasteiger partial charge in [-0.1, -0.05) is 0 Å². The van der Waals surface area contributed by atoms with Crippen LogP contribution in [-0.2, 0) is 11.3 Å². The molecule has 9 heteroatoms. The van der Waals surface area contributed by atoms with Crippen LogP contribution in [0, 0.1) is 5.92 Å². The van der Waals surface area contributed by atoms with E-state index in [9.17, 15) is 9.59 Å². The first-order valence-electron chi connectivity index (χ1n) is 8.88. The van der Waals surface area contributed by atoms with E-state index in [0.29, 0.717) is 44.2 Å². The second-order valence-corrected chi connectivity index (χ2v) is 6.85. The van der Waals surface area contributed by atoms with Crippen molar-refractivity contribution in [1.29, 1.82) is 0 Å². The number of carbonyl (C=O) groups is 2. The average Bonchev–Trinajstić information content (AvgIpc) is 3.04. The van der Waals surface area contributed by atoms with Crippen molar-refractivity contribution in [3.63, 3.8) is 0 Å². The molecule has 136 valence electrons. The summed E-state index contributed by atoms with van der Waals surface area (Å²) in [5.74, 6) is 0.320. The summed E-state index contributed by atoms with van der Waals surface area (Å²) >= 11 is 0. The Bertz CT molecular complexity index is 765. The van der Waals surface area contributed by atoms with Gasteiger partial charge in [0.25, 0.3) is 5.91 Å². The molecule has 2 aromatic heterocycles. The van der Waals surface area contributed by atoms with E-state index in [1.807, 2.05) is 9.80 Å². The molecule has 0 N–H and O–H groups in total. The summed E-state index contributed by atoms with van der Waals surface area (Å²) < 4.78 is 1.66. The Kier molecular flexibility index (Phi) is 4.59. The minimum atomic E-state index is -0.105. The fourth-order valence-corrected chi connectivity index (χ4v) is 3.83. The summed E-state index contributed by atoms with van der Waals surface area (Å²) in [5.41, 5.74) is 0.359. The largest absolute Gasteiger partial charge is 0.338 e. The molecular weight excluding hydrogens is 334 g/mol. The molecule has 0 radical (unpaired) electrons. The van der Waals surface area contributed by atoms with E-state index in [1.165, 1.54) is 18.7 Å². The van der Waals surface area contributed by atoms with Crippen LogP contribution in [-0.4, -0.2) is 72.0 Å². The lowest BCUT2D eigenvalue weighted by Gasteiger charge is -2.36. The van der Waals surface area contributed by atoms with Gasteiger partial charge in [0.1, 0.15) is 18.3 Å². The molecule has 3 saturated heterocycles. The second-order valence-electron chi connectivity index (χ2n) is 6.85. The lowest BCUT2D eigenvalue weighted by atomic mass is 9.94. The molecule has 9 nitrogen and oxygen atoms in total. The van der Waals surface area contributed by atoms with Crippen LogP contribution in [0.15, 0.2) is 31.2 Å². The van der Waals surface area contributed by atoms with Crippen LogP contribution in [0.3, 0.4) is 0 Å². The minimum absolute atomic E-state index is 0.0672. The van der Waals surface area contributed by atoms with Gasteiger partial charge in [0, 0.05) is 44.5 Å². The summed E-state index contributed by atoms with van der Waals surface area (Å²) in [4.78, 5) is 41.2. The monoisotopic (exact) mass is 355 g/mol. The number of fused-ring (bicyclic) bond motifs is 4. The maximum Gasteiger partial charge on any atom is 0.274 e. The number of piperidine rings is 1. The quantitative estimate of drug-likeness (QED) is 0.778. The summed E-state index contributed by atoms with van der Waals surface area (Å²) in [5, 5.41) is 4.04. The zero-order valence-corrected chi connectivity index (χ0v) is 14.4. The maximum absolute atomic E-state index is 12.7.